The van der Waals surface area contributed by atoms with Gasteiger partial charge in [0, 0.05) is 16.3 Å². The molecule has 0 unspecified atom stereocenters. The van der Waals surface area contributed by atoms with E-state index < -0.39 is 0 Å². The second-order valence-corrected chi connectivity index (χ2v) is 7.51. The van der Waals surface area contributed by atoms with Gasteiger partial charge in [0.05, 0.1) is 12.7 Å². The maximum Gasteiger partial charge on any atom is 0.0731 e. The fourth-order valence-corrected chi connectivity index (χ4v) is 3.51. The highest BCUT2D eigenvalue weighted by atomic mass is 32.1. The Hall–Kier alpha value is -0.380. The Morgan fingerprint density at radius 2 is 2.06 bits per heavy atom. The van der Waals surface area contributed by atoms with E-state index in [0.29, 0.717) is 18.1 Å². The topological polar surface area (TPSA) is 35.2 Å². The second-order valence-electron chi connectivity index (χ2n) is 6.17. The molecule has 2 nitrogen and oxygen atoms in total. The summed E-state index contributed by atoms with van der Waals surface area (Å²) < 4.78 is 6.07. The molecule has 0 bridgehead atoms. The van der Waals surface area contributed by atoms with Gasteiger partial charge in [-0.2, -0.15) is 0 Å². The first-order valence-corrected chi connectivity index (χ1v) is 7.72. The molecule has 2 N–H and O–H groups in total. The Kier molecular flexibility index (Phi) is 4.46. The lowest BCUT2D eigenvalue weighted by Gasteiger charge is -2.34. The summed E-state index contributed by atoms with van der Waals surface area (Å²) in [5, 5.41) is 0. The first kappa shape index (κ1) is 14.0. The third-order valence-electron chi connectivity index (χ3n) is 4.03. The molecule has 1 aliphatic rings. The summed E-state index contributed by atoms with van der Waals surface area (Å²) in [5.41, 5.74) is 7.51. The van der Waals surface area contributed by atoms with Crippen LogP contribution < -0.4 is 5.73 Å². The lowest BCUT2D eigenvalue weighted by molar-refractivity contribution is -0.00563. The third-order valence-corrected chi connectivity index (χ3v) is 5.15. The zero-order valence-corrected chi connectivity index (χ0v) is 12.6. The van der Waals surface area contributed by atoms with Crippen LogP contribution in [0.25, 0.3) is 0 Å². The lowest BCUT2D eigenvalue weighted by atomic mass is 9.76. The van der Waals surface area contributed by atoms with Gasteiger partial charge in [-0.15, -0.1) is 11.3 Å². The number of ether oxygens (including phenoxy) is 1. The highest BCUT2D eigenvalue weighted by molar-refractivity contribution is 7.12. The van der Waals surface area contributed by atoms with Gasteiger partial charge in [-0.05, 0) is 49.7 Å². The first-order valence-electron chi connectivity index (χ1n) is 6.90. The van der Waals surface area contributed by atoms with E-state index in [1.165, 1.54) is 41.0 Å². The van der Waals surface area contributed by atoms with Crippen LogP contribution in [-0.2, 0) is 17.9 Å². The van der Waals surface area contributed by atoms with Crippen molar-refractivity contribution in [2.24, 2.45) is 11.1 Å². The molecule has 0 spiro atoms. The van der Waals surface area contributed by atoms with E-state index in [1.54, 1.807) is 11.3 Å². The summed E-state index contributed by atoms with van der Waals surface area (Å²) in [6, 6.07) is 2.20. The highest BCUT2D eigenvalue weighted by Gasteiger charge is 2.27. The monoisotopic (exact) mass is 267 g/mol. The number of hydrogen-bond acceptors (Lipinski definition) is 3. The zero-order valence-electron chi connectivity index (χ0n) is 11.8. The molecule has 1 aromatic heterocycles. The average Bonchev–Trinajstić information content (AvgIpc) is 2.69. The zero-order chi connectivity index (χ0) is 13.2. The van der Waals surface area contributed by atoms with Crippen molar-refractivity contribution >= 4 is 11.3 Å². The minimum Gasteiger partial charge on any atom is -0.374 e. The molecule has 0 aliphatic heterocycles. The Morgan fingerprint density at radius 3 is 2.61 bits per heavy atom. The van der Waals surface area contributed by atoms with E-state index in [1.807, 2.05) is 0 Å². The molecule has 102 valence electrons. The standard InChI is InChI=1S/C15H25NOS/c1-11-12(8-14(9-16)18-11)10-17-13-4-6-15(2,3)7-5-13/h8,13H,4-7,9-10,16H2,1-3H3. The molecule has 0 radical (unpaired) electrons. The van der Waals surface area contributed by atoms with Crippen molar-refractivity contribution in [3.05, 3.63) is 21.4 Å². The summed E-state index contributed by atoms with van der Waals surface area (Å²) in [7, 11) is 0. The van der Waals surface area contributed by atoms with E-state index in [2.05, 4.69) is 26.8 Å². The van der Waals surface area contributed by atoms with Crippen molar-refractivity contribution in [3.63, 3.8) is 0 Å². The van der Waals surface area contributed by atoms with Gasteiger partial charge < -0.3 is 10.5 Å². The van der Waals surface area contributed by atoms with Gasteiger partial charge >= 0.3 is 0 Å². The fraction of sp³-hybridized carbons (Fsp3) is 0.733. The largest absolute Gasteiger partial charge is 0.374 e. The molecule has 1 aromatic rings. The molecule has 0 saturated heterocycles. The minimum atomic E-state index is 0.457. The van der Waals surface area contributed by atoms with Crippen LogP contribution in [-0.4, -0.2) is 6.10 Å². The summed E-state index contributed by atoms with van der Waals surface area (Å²) in [5.74, 6) is 0. The van der Waals surface area contributed by atoms with E-state index in [0.717, 1.165) is 6.61 Å². The molecule has 1 heterocycles. The van der Waals surface area contributed by atoms with Gasteiger partial charge in [-0.25, -0.2) is 0 Å². The molecular formula is C15H25NOS. The van der Waals surface area contributed by atoms with Crippen LogP contribution in [0.3, 0.4) is 0 Å². The van der Waals surface area contributed by atoms with Crippen molar-refractivity contribution in [2.75, 3.05) is 0 Å². The number of nitrogens with two attached hydrogens (primary N) is 1. The van der Waals surface area contributed by atoms with Crippen LogP contribution in [0, 0.1) is 12.3 Å². The van der Waals surface area contributed by atoms with Crippen molar-refractivity contribution in [1.82, 2.24) is 0 Å². The normalized spacial score (nSPS) is 20.2. The molecule has 2 rings (SSSR count). The van der Waals surface area contributed by atoms with Crippen molar-refractivity contribution in [1.29, 1.82) is 0 Å². The molecule has 0 aromatic carbocycles. The minimum absolute atomic E-state index is 0.457. The van der Waals surface area contributed by atoms with Crippen molar-refractivity contribution < 1.29 is 4.74 Å². The van der Waals surface area contributed by atoms with E-state index in [-0.39, 0.29) is 0 Å². The predicted molar refractivity (Wildman–Crippen MR) is 77.8 cm³/mol. The van der Waals surface area contributed by atoms with Crippen molar-refractivity contribution in [2.45, 2.75) is 65.7 Å². The molecular weight excluding hydrogens is 242 g/mol. The van der Waals surface area contributed by atoms with Gasteiger partial charge in [0.25, 0.3) is 0 Å². The van der Waals surface area contributed by atoms with Gasteiger partial charge in [-0.3, -0.25) is 0 Å². The summed E-state index contributed by atoms with van der Waals surface area (Å²) in [4.78, 5) is 2.61. The van der Waals surface area contributed by atoms with Crippen LogP contribution >= 0.6 is 11.3 Å². The summed E-state index contributed by atoms with van der Waals surface area (Å²) in [6.45, 7) is 8.28. The molecule has 0 amide bonds. The summed E-state index contributed by atoms with van der Waals surface area (Å²) in [6.07, 6.45) is 5.45. The van der Waals surface area contributed by atoms with Crippen LogP contribution in [0.15, 0.2) is 6.07 Å². The maximum absolute atomic E-state index is 6.07. The highest BCUT2D eigenvalue weighted by Crippen LogP contribution is 2.36. The predicted octanol–water partition coefficient (Wildman–Crippen LogP) is 4.00. The smallest absolute Gasteiger partial charge is 0.0731 e. The second kappa shape index (κ2) is 5.72. The molecule has 1 saturated carbocycles. The van der Waals surface area contributed by atoms with E-state index >= 15 is 0 Å². The molecule has 0 atom stereocenters. The van der Waals surface area contributed by atoms with Crippen LogP contribution in [0.1, 0.15) is 54.8 Å². The van der Waals surface area contributed by atoms with Crippen LogP contribution in [0.5, 0.6) is 0 Å². The lowest BCUT2D eigenvalue weighted by Crippen LogP contribution is -2.26. The number of thiophene rings is 1. The van der Waals surface area contributed by atoms with E-state index in [9.17, 15) is 0 Å². The Bertz CT molecular complexity index is 387. The number of aryl methyl sites for hydroxylation is 1. The Balaban J connectivity index is 1.83. The third kappa shape index (κ3) is 3.56. The summed E-state index contributed by atoms with van der Waals surface area (Å²) >= 11 is 1.80. The number of hydrogen-bond donors (Lipinski definition) is 1. The first-order chi connectivity index (χ1) is 8.50. The Morgan fingerprint density at radius 1 is 1.39 bits per heavy atom. The SMILES string of the molecule is Cc1sc(CN)cc1COC1CCC(C)(C)CC1. The van der Waals surface area contributed by atoms with E-state index in [4.69, 9.17) is 10.5 Å². The average molecular weight is 267 g/mol. The van der Waals surface area contributed by atoms with Gasteiger partial charge in [0.15, 0.2) is 0 Å². The molecule has 1 fully saturated rings. The van der Waals surface area contributed by atoms with Gasteiger partial charge in [0.1, 0.15) is 0 Å². The van der Waals surface area contributed by atoms with Crippen molar-refractivity contribution in [3.8, 4) is 0 Å². The van der Waals surface area contributed by atoms with Crippen LogP contribution in [0.2, 0.25) is 0 Å². The molecule has 1 aliphatic carbocycles. The maximum atomic E-state index is 6.07. The molecule has 3 heteroatoms. The molecule has 18 heavy (non-hydrogen) atoms. The number of rotatable bonds is 4. The van der Waals surface area contributed by atoms with Gasteiger partial charge in [-0.1, -0.05) is 13.8 Å². The van der Waals surface area contributed by atoms with Gasteiger partial charge in [0.2, 0.25) is 0 Å². The quantitative estimate of drug-likeness (QED) is 0.895. The Labute approximate surface area is 115 Å². The fourth-order valence-electron chi connectivity index (χ4n) is 2.58. The van der Waals surface area contributed by atoms with Crippen LogP contribution in [0.4, 0.5) is 0 Å².